The number of nitrogens with zero attached hydrogens (tertiary/aromatic N) is 1. The molecule has 0 radical (unpaired) electrons. The predicted octanol–water partition coefficient (Wildman–Crippen LogP) is 15.3. The molecule has 0 aliphatic carbocycles. The van der Waals surface area contributed by atoms with Crippen LogP contribution >= 0.6 is 0 Å². The minimum absolute atomic E-state index is 0.150. The van der Waals surface area contributed by atoms with Crippen molar-refractivity contribution in [1.29, 1.82) is 0 Å². The van der Waals surface area contributed by atoms with Crippen molar-refractivity contribution in [2.24, 2.45) is 0 Å². The number of esters is 2. The van der Waals surface area contributed by atoms with Crippen molar-refractivity contribution in [3.8, 4) is 0 Å². The average molecular weight is 973 g/mol. The van der Waals surface area contributed by atoms with E-state index in [2.05, 4.69) is 62.5 Å². The maximum atomic E-state index is 12.8. The van der Waals surface area contributed by atoms with E-state index in [1.54, 1.807) is 0 Å². The summed E-state index contributed by atoms with van der Waals surface area (Å²) in [6.07, 6.45) is 60.5. The summed E-state index contributed by atoms with van der Waals surface area (Å²) in [5.41, 5.74) is 0. The lowest BCUT2D eigenvalue weighted by Gasteiger charge is -2.26. The molecular formula is C60H109NO8. The number of likely N-dealkylation sites (N-methyl/N-ethyl adjacent to an activating group) is 1. The molecule has 0 aromatic rings. The smallest absolute Gasteiger partial charge is 0.306 e. The Bertz CT molecular complexity index is 1270. The van der Waals surface area contributed by atoms with Crippen molar-refractivity contribution in [1.82, 2.24) is 0 Å². The van der Waals surface area contributed by atoms with Gasteiger partial charge in [-0.2, -0.15) is 0 Å². The van der Waals surface area contributed by atoms with Gasteiger partial charge < -0.3 is 33.3 Å². The summed E-state index contributed by atoms with van der Waals surface area (Å²) in [6.45, 7) is 4.63. The van der Waals surface area contributed by atoms with Gasteiger partial charge >= 0.3 is 11.9 Å². The zero-order valence-corrected chi connectivity index (χ0v) is 45.7. The third-order valence-corrected chi connectivity index (χ3v) is 12.6. The van der Waals surface area contributed by atoms with Gasteiger partial charge in [-0.05, 0) is 51.4 Å². The summed E-state index contributed by atoms with van der Waals surface area (Å²) < 4.78 is 22.6. The molecule has 0 aliphatic heterocycles. The van der Waals surface area contributed by atoms with Crippen molar-refractivity contribution in [3.05, 3.63) is 48.6 Å². The van der Waals surface area contributed by atoms with Gasteiger partial charge in [-0.25, -0.2) is 0 Å². The van der Waals surface area contributed by atoms with E-state index in [1.807, 2.05) is 21.1 Å². The third-order valence-electron chi connectivity index (χ3n) is 12.6. The minimum Gasteiger partial charge on any atom is -0.545 e. The highest BCUT2D eigenvalue weighted by atomic mass is 16.7. The summed E-state index contributed by atoms with van der Waals surface area (Å²) >= 11 is 0. The molecule has 0 fully saturated rings. The molecule has 2 unspecified atom stereocenters. The number of hydrogen-bond donors (Lipinski definition) is 0. The fourth-order valence-corrected chi connectivity index (χ4v) is 8.18. The number of ether oxygens (including phenoxy) is 4. The van der Waals surface area contributed by atoms with Crippen molar-refractivity contribution >= 4 is 17.9 Å². The first-order valence-corrected chi connectivity index (χ1v) is 28.8. The first kappa shape index (κ1) is 66.2. The van der Waals surface area contributed by atoms with Gasteiger partial charge in [0.15, 0.2) is 12.4 Å². The van der Waals surface area contributed by atoms with Crippen LogP contribution in [0.2, 0.25) is 0 Å². The molecule has 9 nitrogen and oxygen atoms in total. The Balaban J connectivity index is 3.95. The van der Waals surface area contributed by atoms with Crippen LogP contribution in [0.1, 0.15) is 258 Å². The normalized spacial score (nSPS) is 13.1. The van der Waals surface area contributed by atoms with Crippen molar-refractivity contribution < 1.29 is 42.9 Å². The molecule has 0 aliphatic rings. The number of rotatable bonds is 53. The molecule has 0 aromatic carbocycles. The number of carboxylic acid groups (broad SMARTS) is 1. The predicted molar refractivity (Wildman–Crippen MR) is 288 cm³/mol. The van der Waals surface area contributed by atoms with Gasteiger partial charge in [0.05, 0.1) is 40.3 Å². The van der Waals surface area contributed by atoms with E-state index in [-0.39, 0.29) is 32.2 Å². The number of aliphatic carboxylic acids is 1. The van der Waals surface area contributed by atoms with Crippen molar-refractivity contribution in [2.45, 2.75) is 270 Å². The van der Waals surface area contributed by atoms with Crippen LogP contribution in [-0.2, 0) is 33.3 Å². The first-order chi connectivity index (χ1) is 33.6. The Hall–Kier alpha value is -2.75. The van der Waals surface area contributed by atoms with Crippen LogP contribution in [0.15, 0.2) is 48.6 Å². The van der Waals surface area contributed by atoms with Gasteiger partial charge in [0.2, 0.25) is 0 Å². The molecule has 0 bridgehead atoms. The number of carbonyl (C=O) groups is 3. The Kier molecular flexibility index (Phi) is 49.5. The number of carboxylic acids is 1. The largest absolute Gasteiger partial charge is 0.545 e. The standard InChI is InChI=1S/C60H109NO8/c1-6-8-10-12-14-16-17-18-19-20-21-22-23-24-25-26-27-28-29-30-31-32-33-34-35-36-37-38-39-40-41-43-45-47-49-51-58(63)69-56(55-68-60(59(64)65)66-53-52-61(3,4)5)54-67-57(62)50-48-46-44-42-15-13-11-9-7-2/h8,10,14,16,18-19,21-22,56,60H,6-7,9,11-13,15,17,20,23-55H2,1-5H3/b10-8-,16-14-,19-18-,22-21-. The Morgan fingerprint density at radius 1 is 0.449 bits per heavy atom. The zero-order chi connectivity index (χ0) is 50.6. The van der Waals surface area contributed by atoms with Crippen LogP contribution < -0.4 is 5.11 Å². The summed E-state index contributed by atoms with van der Waals surface area (Å²) in [5, 5.41) is 11.7. The van der Waals surface area contributed by atoms with E-state index in [0.717, 1.165) is 64.2 Å². The van der Waals surface area contributed by atoms with Crippen molar-refractivity contribution in [2.75, 3.05) is 47.5 Å². The molecular weight excluding hydrogens is 863 g/mol. The summed E-state index contributed by atoms with van der Waals surface area (Å²) in [6, 6.07) is 0. The molecule has 0 aromatic heterocycles. The fraction of sp³-hybridized carbons (Fsp3) is 0.817. The van der Waals surface area contributed by atoms with Gasteiger partial charge in [-0.1, -0.05) is 242 Å². The van der Waals surface area contributed by atoms with E-state index >= 15 is 0 Å². The zero-order valence-electron chi connectivity index (χ0n) is 45.7. The van der Waals surface area contributed by atoms with Crippen molar-refractivity contribution in [3.63, 3.8) is 0 Å². The Labute approximate surface area is 425 Å². The lowest BCUT2D eigenvalue weighted by Crippen LogP contribution is -2.44. The number of hydrogen-bond acceptors (Lipinski definition) is 8. The highest BCUT2D eigenvalue weighted by Crippen LogP contribution is 2.17. The maximum Gasteiger partial charge on any atom is 0.306 e. The maximum absolute atomic E-state index is 12.8. The molecule has 0 rings (SSSR count). The summed E-state index contributed by atoms with van der Waals surface area (Å²) in [7, 11) is 5.92. The Morgan fingerprint density at radius 2 is 0.826 bits per heavy atom. The second kappa shape index (κ2) is 51.6. The van der Waals surface area contributed by atoms with Crippen LogP contribution in [0.5, 0.6) is 0 Å². The summed E-state index contributed by atoms with van der Waals surface area (Å²) in [4.78, 5) is 37.0. The average Bonchev–Trinajstić information content (AvgIpc) is 3.31. The van der Waals surface area contributed by atoms with E-state index < -0.39 is 24.3 Å². The van der Waals surface area contributed by atoms with Crippen LogP contribution in [-0.4, -0.2) is 82.3 Å². The van der Waals surface area contributed by atoms with Crippen LogP contribution in [0.25, 0.3) is 0 Å². The minimum atomic E-state index is -1.62. The highest BCUT2D eigenvalue weighted by molar-refractivity contribution is 5.70. The second-order valence-corrected chi connectivity index (χ2v) is 20.6. The first-order valence-electron chi connectivity index (χ1n) is 28.8. The molecule has 0 saturated heterocycles. The Morgan fingerprint density at radius 3 is 1.23 bits per heavy atom. The lowest BCUT2D eigenvalue weighted by atomic mass is 10.0. The molecule has 0 saturated carbocycles. The van der Waals surface area contributed by atoms with E-state index in [1.165, 1.54) is 167 Å². The highest BCUT2D eigenvalue weighted by Gasteiger charge is 2.22. The molecule has 0 spiro atoms. The molecule has 0 heterocycles. The fourth-order valence-electron chi connectivity index (χ4n) is 8.18. The van der Waals surface area contributed by atoms with Gasteiger partial charge in [0.25, 0.3) is 0 Å². The van der Waals surface area contributed by atoms with E-state index in [0.29, 0.717) is 17.4 Å². The second-order valence-electron chi connectivity index (χ2n) is 20.6. The van der Waals surface area contributed by atoms with Gasteiger partial charge in [-0.3, -0.25) is 9.59 Å². The number of allylic oxidation sites excluding steroid dienone is 8. The number of carbonyl (C=O) groups excluding carboxylic acids is 3. The molecule has 0 N–H and O–H groups in total. The van der Waals surface area contributed by atoms with Crippen LogP contribution in [0, 0.1) is 0 Å². The lowest BCUT2D eigenvalue weighted by molar-refractivity contribution is -0.870. The van der Waals surface area contributed by atoms with Gasteiger partial charge in [0, 0.05) is 12.8 Å². The van der Waals surface area contributed by atoms with Gasteiger partial charge in [0.1, 0.15) is 13.2 Å². The molecule has 2 atom stereocenters. The SMILES string of the molecule is CC/C=C\C/C=C\C/C=C\C/C=C\CCCCCCCCCCCCCCCCCCCCCCCCC(=O)OC(COC(=O)CCCCCCCCCCC)COC(OCC[N+](C)(C)C)C(=O)[O-]. The van der Waals surface area contributed by atoms with E-state index in [4.69, 9.17) is 18.9 Å². The molecule has 69 heavy (non-hydrogen) atoms. The number of quaternary nitrogens is 1. The molecule has 402 valence electrons. The van der Waals surface area contributed by atoms with Crippen LogP contribution in [0.4, 0.5) is 0 Å². The summed E-state index contributed by atoms with van der Waals surface area (Å²) in [5.74, 6) is -2.27. The molecule has 9 heteroatoms. The van der Waals surface area contributed by atoms with Crippen LogP contribution in [0.3, 0.4) is 0 Å². The topological polar surface area (TPSA) is 111 Å². The third kappa shape index (κ3) is 52.9. The monoisotopic (exact) mass is 972 g/mol. The molecule has 0 amide bonds. The van der Waals surface area contributed by atoms with Gasteiger partial charge in [-0.15, -0.1) is 0 Å². The quantitative estimate of drug-likeness (QED) is 0.0195. The number of unbranched alkanes of at least 4 members (excludes halogenated alkanes) is 30. The van der Waals surface area contributed by atoms with E-state index in [9.17, 15) is 19.5 Å².